The number of hydrogen-bond donors (Lipinski definition) is 1. The third-order valence-corrected chi connectivity index (χ3v) is 3.97. The Balaban J connectivity index is 2.01. The molecular formula is C20H22FNO5. The molecule has 0 unspecified atom stereocenters. The van der Waals surface area contributed by atoms with Crippen LogP contribution < -0.4 is 14.8 Å². The maximum atomic E-state index is 13.0. The van der Waals surface area contributed by atoms with Crippen molar-refractivity contribution >= 4 is 11.9 Å². The molecule has 2 atom stereocenters. The second-order valence-corrected chi connectivity index (χ2v) is 5.93. The van der Waals surface area contributed by atoms with E-state index in [1.807, 2.05) is 0 Å². The first-order valence-corrected chi connectivity index (χ1v) is 8.34. The Morgan fingerprint density at radius 1 is 0.963 bits per heavy atom. The van der Waals surface area contributed by atoms with Gasteiger partial charge in [-0.05, 0) is 43.7 Å². The van der Waals surface area contributed by atoms with Crippen LogP contribution in [0.4, 0.5) is 4.39 Å². The van der Waals surface area contributed by atoms with E-state index >= 15 is 0 Å². The molecule has 0 heterocycles. The molecule has 7 heteroatoms. The summed E-state index contributed by atoms with van der Waals surface area (Å²) >= 11 is 0. The highest BCUT2D eigenvalue weighted by Gasteiger charge is 2.21. The molecule has 1 N–H and O–H groups in total. The minimum absolute atomic E-state index is 0.206. The van der Waals surface area contributed by atoms with Gasteiger partial charge in [-0.3, -0.25) is 4.79 Å². The number of nitrogens with one attached hydrogen (secondary N) is 1. The summed E-state index contributed by atoms with van der Waals surface area (Å²) in [5.41, 5.74) is 0.943. The zero-order chi connectivity index (χ0) is 20.0. The van der Waals surface area contributed by atoms with E-state index in [1.54, 1.807) is 25.1 Å². The van der Waals surface area contributed by atoms with Crippen molar-refractivity contribution in [3.8, 4) is 11.5 Å². The van der Waals surface area contributed by atoms with Crippen molar-refractivity contribution in [2.45, 2.75) is 26.0 Å². The van der Waals surface area contributed by atoms with Crippen LogP contribution in [0.2, 0.25) is 0 Å². The largest absolute Gasteiger partial charge is 0.497 e. The zero-order valence-electron chi connectivity index (χ0n) is 15.6. The summed E-state index contributed by atoms with van der Waals surface area (Å²) in [6.07, 6.45) is -1.02. The lowest BCUT2D eigenvalue weighted by molar-refractivity contribution is -0.129. The number of hydrogen-bond acceptors (Lipinski definition) is 5. The Kier molecular flexibility index (Phi) is 6.76. The average molecular weight is 375 g/mol. The Hall–Kier alpha value is -3.09. The van der Waals surface area contributed by atoms with E-state index in [1.165, 1.54) is 45.4 Å². The number of benzene rings is 2. The standard InChI is InChI=1S/C20H22FNO5/c1-12(14-5-7-16(21)8-6-14)22-19(23)13(2)27-20(24)15-9-17(25-3)11-18(10-15)26-4/h5-13H,1-4H3,(H,22,23)/t12-,13-/m0/s1. The molecule has 6 nitrogen and oxygen atoms in total. The van der Waals surface area contributed by atoms with E-state index < -0.39 is 18.0 Å². The Labute approximate surface area is 157 Å². The minimum atomic E-state index is -1.02. The first-order valence-electron chi connectivity index (χ1n) is 8.34. The second-order valence-electron chi connectivity index (χ2n) is 5.93. The molecule has 0 fully saturated rings. The number of amides is 1. The monoisotopic (exact) mass is 375 g/mol. The highest BCUT2D eigenvalue weighted by Crippen LogP contribution is 2.23. The van der Waals surface area contributed by atoms with E-state index in [9.17, 15) is 14.0 Å². The summed E-state index contributed by atoms with van der Waals surface area (Å²) in [5, 5.41) is 2.73. The second kappa shape index (κ2) is 9.02. The molecule has 0 aliphatic rings. The number of rotatable bonds is 7. The van der Waals surface area contributed by atoms with Gasteiger partial charge in [0.05, 0.1) is 25.8 Å². The van der Waals surface area contributed by atoms with Crippen LogP contribution in [0.1, 0.15) is 35.8 Å². The van der Waals surface area contributed by atoms with Gasteiger partial charge in [0.2, 0.25) is 0 Å². The highest BCUT2D eigenvalue weighted by atomic mass is 19.1. The van der Waals surface area contributed by atoms with Crippen LogP contribution in [0.5, 0.6) is 11.5 Å². The van der Waals surface area contributed by atoms with Crippen LogP contribution in [0.3, 0.4) is 0 Å². The third-order valence-electron chi connectivity index (χ3n) is 3.97. The molecule has 0 saturated heterocycles. The van der Waals surface area contributed by atoms with Crippen molar-refractivity contribution in [3.63, 3.8) is 0 Å². The summed E-state index contributed by atoms with van der Waals surface area (Å²) in [6.45, 7) is 3.23. The van der Waals surface area contributed by atoms with Gasteiger partial charge in [-0.1, -0.05) is 12.1 Å². The van der Waals surface area contributed by atoms with Gasteiger partial charge in [0, 0.05) is 6.07 Å². The van der Waals surface area contributed by atoms with E-state index in [2.05, 4.69) is 5.32 Å². The van der Waals surface area contributed by atoms with E-state index in [-0.39, 0.29) is 17.4 Å². The molecule has 0 saturated carbocycles. The fourth-order valence-corrected chi connectivity index (χ4v) is 2.37. The molecule has 0 spiro atoms. The zero-order valence-corrected chi connectivity index (χ0v) is 15.6. The van der Waals surface area contributed by atoms with Crippen LogP contribution in [-0.2, 0) is 9.53 Å². The Morgan fingerprint density at radius 2 is 1.52 bits per heavy atom. The van der Waals surface area contributed by atoms with Gasteiger partial charge in [0.1, 0.15) is 17.3 Å². The lowest BCUT2D eigenvalue weighted by Gasteiger charge is -2.18. The van der Waals surface area contributed by atoms with Crippen LogP contribution in [0.15, 0.2) is 42.5 Å². The highest BCUT2D eigenvalue weighted by molar-refractivity contribution is 5.93. The number of halogens is 1. The molecule has 0 aliphatic carbocycles. The summed E-state index contributed by atoms with van der Waals surface area (Å²) in [5.74, 6) is -0.626. The van der Waals surface area contributed by atoms with Crippen LogP contribution in [-0.4, -0.2) is 32.2 Å². The molecule has 2 rings (SSSR count). The predicted molar refractivity (Wildman–Crippen MR) is 97.4 cm³/mol. The van der Waals surface area contributed by atoms with Gasteiger partial charge in [0.25, 0.3) is 5.91 Å². The maximum Gasteiger partial charge on any atom is 0.339 e. The molecule has 0 radical (unpaired) electrons. The summed E-state index contributed by atoms with van der Waals surface area (Å²) < 4.78 is 28.5. The first kappa shape index (κ1) is 20.2. The molecule has 0 aromatic heterocycles. The molecule has 1 amide bonds. The number of carbonyl (C=O) groups is 2. The number of ether oxygens (including phenoxy) is 3. The smallest absolute Gasteiger partial charge is 0.339 e. The number of methoxy groups -OCH3 is 2. The van der Waals surface area contributed by atoms with Crippen molar-refractivity contribution in [1.82, 2.24) is 5.32 Å². The molecular weight excluding hydrogens is 353 g/mol. The molecule has 27 heavy (non-hydrogen) atoms. The summed E-state index contributed by atoms with van der Waals surface area (Å²) in [6, 6.07) is 10.1. The van der Waals surface area contributed by atoms with Gasteiger partial charge in [0.15, 0.2) is 6.10 Å². The van der Waals surface area contributed by atoms with Crippen LogP contribution >= 0.6 is 0 Å². The van der Waals surface area contributed by atoms with Crippen molar-refractivity contribution in [1.29, 1.82) is 0 Å². The van der Waals surface area contributed by atoms with Gasteiger partial charge >= 0.3 is 5.97 Å². The fourth-order valence-electron chi connectivity index (χ4n) is 2.37. The first-order chi connectivity index (χ1) is 12.8. The van der Waals surface area contributed by atoms with Crippen molar-refractivity contribution in [2.24, 2.45) is 0 Å². The third kappa shape index (κ3) is 5.44. The topological polar surface area (TPSA) is 73.9 Å². The lowest BCUT2D eigenvalue weighted by atomic mass is 10.1. The molecule has 0 aliphatic heterocycles. The number of carbonyl (C=O) groups excluding carboxylic acids is 2. The van der Waals surface area contributed by atoms with Gasteiger partial charge in [-0.2, -0.15) is 0 Å². The minimum Gasteiger partial charge on any atom is -0.497 e. The lowest BCUT2D eigenvalue weighted by Crippen LogP contribution is -2.37. The van der Waals surface area contributed by atoms with Crippen LogP contribution in [0, 0.1) is 5.82 Å². The fraction of sp³-hybridized carbons (Fsp3) is 0.300. The maximum absolute atomic E-state index is 13.0. The van der Waals surface area contributed by atoms with Crippen molar-refractivity contribution in [3.05, 3.63) is 59.4 Å². The normalized spacial score (nSPS) is 12.6. The predicted octanol–water partition coefficient (Wildman–Crippen LogP) is 3.27. The molecule has 0 bridgehead atoms. The van der Waals surface area contributed by atoms with E-state index in [4.69, 9.17) is 14.2 Å². The van der Waals surface area contributed by atoms with Crippen molar-refractivity contribution < 1.29 is 28.2 Å². The molecule has 2 aromatic rings. The number of esters is 1. The average Bonchev–Trinajstić information content (AvgIpc) is 2.67. The van der Waals surface area contributed by atoms with Gasteiger partial charge in [-0.15, -0.1) is 0 Å². The Bertz CT molecular complexity index is 784. The summed E-state index contributed by atoms with van der Waals surface area (Å²) in [4.78, 5) is 24.6. The quantitative estimate of drug-likeness (QED) is 0.752. The van der Waals surface area contributed by atoms with Gasteiger partial charge in [-0.25, -0.2) is 9.18 Å². The molecule has 2 aromatic carbocycles. The SMILES string of the molecule is COc1cc(OC)cc(C(=O)O[C@@H](C)C(=O)N[C@@H](C)c2ccc(F)cc2)c1. The van der Waals surface area contributed by atoms with E-state index in [0.717, 1.165) is 5.56 Å². The molecule has 144 valence electrons. The van der Waals surface area contributed by atoms with Gasteiger partial charge < -0.3 is 19.5 Å². The van der Waals surface area contributed by atoms with E-state index in [0.29, 0.717) is 11.5 Å². The van der Waals surface area contributed by atoms with Crippen LogP contribution in [0.25, 0.3) is 0 Å². The summed E-state index contributed by atoms with van der Waals surface area (Å²) in [7, 11) is 2.94. The van der Waals surface area contributed by atoms with Crippen molar-refractivity contribution in [2.75, 3.05) is 14.2 Å². The Morgan fingerprint density at radius 3 is 2.04 bits per heavy atom.